The summed E-state index contributed by atoms with van der Waals surface area (Å²) in [5.74, 6) is 0. The summed E-state index contributed by atoms with van der Waals surface area (Å²) in [7, 11) is 0. The first-order valence-corrected chi connectivity index (χ1v) is 6.75. The number of rotatable bonds is 0. The number of nitrogens with zero attached hydrogens (tertiary/aromatic N) is 2. The Balaban J connectivity index is 2.12. The molecular weight excluding hydrogens is 296 g/mol. The van der Waals surface area contributed by atoms with Gasteiger partial charge in [0.2, 0.25) is 0 Å². The van der Waals surface area contributed by atoms with Crippen LogP contribution in [0.25, 0.3) is 0 Å². The van der Waals surface area contributed by atoms with Crippen LogP contribution in [0.4, 0.5) is 4.79 Å². The molecule has 98 valence electrons. The van der Waals surface area contributed by atoms with Crippen LogP contribution in [0.2, 0.25) is 0 Å². The average Bonchev–Trinajstić information content (AvgIpc) is 2.27. The van der Waals surface area contributed by atoms with Crippen LogP contribution in [0.3, 0.4) is 0 Å². The fourth-order valence-corrected chi connectivity index (χ4v) is 2.40. The molecule has 0 radical (unpaired) electrons. The molecule has 0 aliphatic carbocycles. The van der Waals surface area contributed by atoms with Crippen LogP contribution in [0.15, 0.2) is 16.9 Å². The Morgan fingerprint density at radius 3 is 2.83 bits per heavy atom. The van der Waals surface area contributed by atoms with Gasteiger partial charge in [0.05, 0.1) is 6.54 Å². The van der Waals surface area contributed by atoms with Gasteiger partial charge in [-0.3, -0.25) is 4.98 Å². The maximum Gasteiger partial charge on any atom is 0.410 e. The van der Waals surface area contributed by atoms with Crippen molar-refractivity contribution >= 4 is 22.0 Å². The van der Waals surface area contributed by atoms with Crippen molar-refractivity contribution in [3.63, 3.8) is 0 Å². The number of aromatic nitrogens is 1. The minimum absolute atomic E-state index is 0.253. The third-order valence-electron chi connectivity index (χ3n) is 2.75. The molecule has 0 atom stereocenters. The van der Waals surface area contributed by atoms with Gasteiger partial charge in [0, 0.05) is 23.4 Å². The molecule has 0 N–H and O–H groups in total. The van der Waals surface area contributed by atoms with E-state index in [2.05, 4.69) is 20.9 Å². The zero-order valence-electron chi connectivity index (χ0n) is 10.9. The van der Waals surface area contributed by atoms with Crippen molar-refractivity contribution in [2.75, 3.05) is 6.54 Å². The van der Waals surface area contributed by atoms with E-state index in [1.165, 1.54) is 5.56 Å². The normalized spacial score (nSPS) is 15.2. The van der Waals surface area contributed by atoms with E-state index in [0.29, 0.717) is 13.1 Å². The first-order chi connectivity index (χ1) is 8.37. The summed E-state index contributed by atoms with van der Waals surface area (Å²) in [4.78, 5) is 17.9. The van der Waals surface area contributed by atoms with E-state index >= 15 is 0 Å². The average molecular weight is 313 g/mol. The lowest BCUT2D eigenvalue weighted by Crippen LogP contribution is -2.40. The maximum absolute atomic E-state index is 12.0. The van der Waals surface area contributed by atoms with E-state index in [4.69, 9.17) is 4.74 Å². The summed E-state index contributed by atoms with van der Waals surface area (Å²) in [6.07, 6.45) is 4.20. The topological polar surface area (TPSA) is 42.4 Å². The van der Waals surface area contributed by atoms with Crippen LogP contribution in [0, 0.1) is 0 Å². The number of pyridine rings is 1. The Morgan fingerprint density at radius 2 is 2.17 bits per heavy atom. The van der Waals surface area contributed by atoms with Crippen LogP contribution in [0.1, 0.15) is 31.9 Å². The molecule has 4 nitrogen and oxygen atoms in total. The van der Waals surface area contributed by atoms with Crippen molar-refractivity contribution in [3.05, 3.63) is 28.0 Å². The van der Waals surface area contributed by atoms with Crippen LogP contribution in [-0.2, 0) is 17.7 Å². The van der Waals surface area contributed by atoms with E-state index in [-0.39, 0.29) is 6.09 Å². The van der Waals surface area contributed by atoms with E-state index in [1.54, 1.807) is 11.1 Å². The van der Waals surface area contributed by atoms with Gasteiger partial charge in [-0.05, 0) is 54.2 Å². The van der Waals surface area contributed by atoms with Crippen LogP contribution in [0.5, 0.6) is 0 Å². The predicted octanol–water partition coefficient (Wildman–Crippen LogP) is 3.14. The Hall–Kier alpha value is -1.10. The molecule has 0 aromatic carbocycles. The zero-order valence-corrected chi connectivity index (χ0v) is 12.5. The largest absolute Gasteiger partial charge is 0.444 e. The van der Waals surface area contributed by atoms with Crippen molar-refractivity contribution in [3.8, 4) is 0 Å². The molecule has 0 fully saturated rings. The molecule has 1 aromatic rings. The van der Waals surface area contributed by atoms with Crippen molar-refractivity contribution in [1.29, 1.82) is 0 Å². The van der Waals surface area contributed by atoms with Gasteiger partial charge in [0.1, 0.15) is 5.60 Å². The molecule has 1 aliphatic rings. The molecule has 0 bridgehead atoms. The number of fused-ring (bicyclic) bond motifs is 1. The molecule has 2 heterocycles. The fourth-order valence-electron chi connectivity index (χ4n) is 1.90. The minimum Gasteiger partial charge on any atom is -0.444 e. The van der Waals surface area contributed by atoms with Crippen LogP contribution >= 0.6 is 15.9 Å². The van der Waals surface area contributed by atoms with Crippen molar-refractivity contribution in [1.82, 2.24) is 9.88 Å². The molecule has 5 heteroatoms. The Labute approximate surface area is 115 Å². The summed E-state index contributed by atoms with van der Waals surface area (Å²) in [5.41, 5.74) is 1.87. The molecule has 0 unspecified atom stereocenters. The fraction of sp³-hybridized carbons (Fsp3) is 0.538. The van der Waals surface area contributed by atoms with Gasteiger partial charge in [-0.2, -0.15) is 0 Å². The molecule has 18 heavy (non-hydrogen) atoms. The second-order valence-electron chi connectivity index (χ2n) is 5.41. The minimum atomic E-state index is -0.452. The van der Waals surface area contributed by atoms with E-state index in [1.807, 2.05) is 27.0 Å². The predicted molar refractivity (Wildman–Crippen MR) is 72.3 cm³/mol. The van der Waals surface area contributed by atoms with Crippen LogP contribution < -0.4 is 0 Å². The molecule has 0 saturated heterocycles. The van der Waals surface area contributed by atoms with Crippen molar-refractivity contribution in [2.45, 2.75) is 39.3 Å². The number of halogens is 1. The van der Waals surface area contributed by atoms with Gasteiger partial charge in [0.15, 0.2) is 0 Å². The van der Waals surface area contributed by atoms with Gasteiger partial charge >= 0.3 is 6.09 Å². The Kier molecular flexibility index (Phi) is 3.61. The number of hydrogen-bond donors (Lipinski definition) is 0. The van der Waals surface area contributed by atoms with Crippen LogP contribution in [-0.4, -0.2) is 28.1 Å². The number of carbonyl (C=O) groups excluding carboxylic acids is 1. The monoisotopic (exact) mass is 312 g/mol. The van der Waals surface area contributed by atoms with Gasteiger partial charge < -0.3 is 9.64 Å². The van der Waals surface area contributed by atoms with Gasteiger partial charge in [-0.25, -0.2) is 4.79 Å². The van der Waals surface area contributed by atoms with Gasteiger partial charge in [0.25, 0.3) is 0 Å². The zero-order chi connectivity index (χ0) is 13.3. The second kappa shape index (κ2) is 4.88. The highest BCUT2D eigenvalue weighted by atomic mass is 79.9. The highest BCUT2D eigenvalue weighted by Crippen LogP contribution is 2.26. The summed E-state index contributed by atoms with van der Waals surface area (Å²) < 4.78 is 6.34. The number of carbonyl (C=O) groups is 1. The SMILES string of the molecule is CC(C)(C)OC(=O)N1CCc2cncc(Br)c2C1. The second-order valence-corrected chi connectivity index (χ2v) is 6.27. The quantitative estimate of drug-likeness (QED) is 0.739. The molecule has 1 aliphatic heterocycles. The molecule has 1 amide bonds. The lowest BCUT2D eigenvalue weighted by molar-refractivity contribution is 0.0223. The standard InChI is InChI=1S/C13H17BrN2O2/c1-13(2,3)18-12(17)16-5-4-9-6-15-7-11(14)10(9)8-16/h6-7H,4-5,8H2,1-3H3. The molecule has 0 spiro atoms. The maximum atomic E-state index is 12.0. The third-order valence-corrected chi connectivity index (χ3v) is 3.43. The summed E-state index contributed by atoms with van der Waals surface area (Å²) >= 11 is 3.48. The van der Waals surface area contributed by atoms with E-state index in [0.717, 1.165) is 16.5 Å². The Morgan fingerprint density at radius 1 is 1.44 bits per heavy atom. The highest BCUT2D eigenvalue weighted by molar-refractivity contribution is 9.10. The third kappa shape index (κ3) is 3.02. The van der Waals surface area contributed by atoms with Crippen molar-refractivity contribution in [2.24, 2.45) is 0 Å². The molecule has 2 rings (SSSR count). The highest BCUT2D eigenvalue weighted by Gasteiger charge is 2.26. The smallest absolute Gasteiger partial charge is 0.410 e. The first kappa shape index (κ1) is 13.3. The van der Waals surface area contributed by atoms with E-state index in [9.17, 15) is 4.79 Å². The number of amides is 1. The summed E-state index contributed by atoms with van der Waals surface area (Å²) in [5, 5.41) is 0. The summed E-state index contributed by atoms with van der Waals surface area (Å²) in [6, 6.07) is 0. The van der Waals surface area contributed by atoms with Crippen molar-refractivity contribution < 1.29 is 9.53 Å². The summed E-state index contributed by atoms with van der Waals surface area (Å²) in [6.45, 7) is 6.89. The number of ether oxygens (including phenoxy) is 1. The molecule has 1 aromatic heterocycles. The lowest BCUT2D eigenvalue weighted by Gasteiger charge is -2.31. The lowest BCUT2D eigenvalue weighted by atomic mass is 10.0. The number of hydrogen-bond acceptors (Lipinski definition) is 3. The Bertz CT molecular complexity index is 469. The first-order valence-electron chi connectivity index (χ1n) is 5.96. The van der Waals surface area contributed by atoms with E-state index < -0.39 is 5.60 Å². The van der Waals surface area contributed by atoms with Gasteiger partial charge in [-0.1, -0.05) is 0 Å². The van der Waals surface area contributed by atoms with Gasteiger partial charge in [-0.15, -0.1) is 0 Å². The molecule has 0 saturated carbocycles. The molecular formula is C13H17BrN2O2.